The van der Waals surface area contributed by atoms with E-state index in [1.165, 1.54) is 0 Å². The first kappa shape index (κ1) is 17.2. The van der Waals surface area contributed by atoms with Crippen molar-refractivity contribution in [3.8, 4) is 23.3 Å². The van der Waals surface area contributed by atoms with Crippen molar-refractivity contribution in [1.82, 2.24) is 5.32 Å². The largest absolute Gasteiger partial charge is 0.493 e. The van der Waals surface area contributed by atoms with Crippen LogP contribution in [0.25, 0.3) is 0 Å². The summed E-state index contributed by atoms with van der Waals surface area (Å²) < 4.78 is 15.5. The maximum absolute atomic E-state index is 11.6. The summed E-state index contributed by atoms with van der Waals surface area (Å²) in [5.74, 6) is 7.06. The summed E-state index contributed by atoms with van der Waals surface area (Å²) in [7, 11) is 3.15. The average Bonchev–Trinajstić information content (AvgIpc) is 2.64. The summed E-state index contributed by atoms with van der Waals surface area (Å²) in [4.78, 5) is 11.6. The van der Waals surface area contributed by atoms with Gasteiger partial charge >= 0.3 is 6.09 Å². The first-order valence-electron chi connectivity index (χ1n) is 7.38. The smallest absolute Gasteiger partial charge is 0.408 e. The van der Waals surface area contributed by atoms with Crippen molar-refractivity contribution in [1.29, 1.82) is 0 Å². The molecule has 1 amide bonds. The number of benzene rings is 2. The molecule has 0 aromatic heterocycles. The molecule has 0 heterocycles. The third-order valence-electron chi connectivity index (χ3n) is 3.15. The number of hydrogen-bond donors (Lipinski definition) is 1. The number of hydrogen-bond acceptors (Lipinski definition) is 4. The van der Waals surface area contributed by atoms with Gasteiger partial charge in [-0.1, -0.05) is 42.2 Å². The zero-order valence-corrected chi connectivity index (χ0v) is 13.7. The van der Waals surface area contributed by atoms with Crippen LogP contribution in [0.4, 0.5) is 4.79 Å². The highest BCUT2D eigenvalue weighted by molar-refractivity contribution is 5.67. The van der Waals surface area contributed by atoms with E-state index in [9.17, 15) is 4.79 Å². The number of methoxy groups -OCH3 is 2. The number of nitrogens with one attached hydrogen (secondary N) is 1. The second kappa shape index (κ2) is 9.11. The van der Waals surface area contributed by atoms with Gasteiger partial charge in [0.15, 0.2) is 11.5 Å². The van der Waals surface area contributed by atoms with Gasteiger partial charge in [-0.2, -0.15) is 0 Å². The van der Waals surface area contributed by atoms with Gasteiger partial charge in [-0.05, 0) is 23.8 Å². The van der Waals surface area contributed by atoms with Crippen LogP contribution in [0.1, 0.15) is 11.1 Å². The van der Waals surface area contributed by atoms with E-state index < -0.39 is 6.09 Å². The molecule has 1 N–H and O–H groups in total. The lowest BCUT2D eigenvalue weighted by molar-refractivity contribution is 0.141. The van der Waals surface area contributed by atoms with Gasteiger partial charge in [0.2, 0.25) is 0 Å². The summed E-state index contributed by atoms with van der Waals surface area (Å²) in [5.41, 5.74) is 1.70. The van der Waals surface area contributed by atoms with Crippen molar-refractivity contribution in [2.75, 3.05) is 20.8 Å². The van der Waals surface area contributed by atoms with Crippen molar-refractivity contribution in [3.63, 3.8) is 0 Å². The Labute approximate surface area is 141 Å². The van der Waals surface area contributed by atoms with Gasteiger partial charge in [0.25, 0.3) is 0 Å². The van der Waals surface area contributed by atoms with E-state index in [0.717, 1.165) is 11.1 Å². The molecule has 0 aliphatic rings. The van der Waals surface area contributed by atoms with Crippen molar-refractivity contribution in [2.24, 2.45) is 0 Å². The van der Waals surface area contributed by atoms with Crippen molar-refractivity contribution in [2.45, 2.75) is 6.61 Å². The first-order chi connectivity index (χ1) is 11.7. The quantitative estimate of drug-likeness (QED) is 0.859. The van der Waals surface area contributed by atoms with E-state index in [2.05, 4.69) is 17.2 Å². The molecule has 0 bridgehead atoms. The Hall–Kier alpha value is -3.13. The molecule has 24 heavy (non-hydrogen) atoms. The second-order valence-electron chi connectivity index (χ2n) is 4.79. The fourth-order valence-electron chi connectivity index (χ4n) is 1.95. The number of ether oxygens (including phenoxy) is 3. The molecule has 2 aromatic rings. The highest BCUT2D eigenvalue weighted by Crippen LogP contribution is 2.26. The van der Waals surface area contributed by atoms with Gasteiger partial charge < -0.3 is 19.5 Å². The zero-order valence-electron chi connectivity index (χ0n) is 13.7. The number of carbonyl (C=O) groups excluding carboxylic acids is 1. The van der Waals surface area contributed by atoms with Crippen LogP contribution in [-0.4, -0.2) is 26.9 Å². The molecule has 0 unspecified atom stereocenters. The number of alkyl carbamates (subject to hydrolysis) is 1. The van der Waals surface area contributed by atoms with Crippen LogP contribution in [0.2, 0.25) is 0 Å². The minimum atomic E-state index is -0.500. The van der Waals surface area contributed by atoms with Gasteiger partial charge in [-0.3, -0.25) is 0 Å². The van der Waals surface area contributed by atoms with Crippen LogP contribution in [0, 0.1) is 11.8 Å². The summed E-state index contributed by atoms with van der Waals surface area (Å²) >= 11 is 0. The second-order valence-corrected chi connectivity index (χ2v) is 4.79. The predicted octanol–water partition coefficient (Wildman–Crippen LogP) is 2.98. The Morgan fingerprint density at radius 1 is 1.04 bits per heavy atom. The van der Waals surface area contributed by atoms with Crippen molar-refractivity contribution >= 4 is 6.09 Å². The summed E-state index contributed by atoms with van der Waals surface area (Å²) in [6, 6.07) is 14.9. The Kier molecular flexibility index (Phi) is 6.54. The van der Waals surface area contributed by atoms with Crippen LogP contribution in [-0.2, 0) is 11.3 Å². The highest BCUT2D eigenvalue weighted by atomic mass is 16.5. The van der Waals surface area contributed by atoms with E-state index in [1.807, 2.05) is 36.4 Å². The minimum absolute atomic E-state index is 0.196. The Bertz CT molecular complexity index is 732. The molecule has 0 fully saturated rings. The Morgan fingerprint density at radius 2 is 1.79 bits per heavy atom. The lowest BCUT2D eigenvalue weighted by Crippen LogP contribution is -2.24. The van der Waals surface area contributed by atoms with Crippen molar-refractivity contribution < 1.29 is 19.0 Å². The topological polar surface area (TPSA) is 56.8 Å². The van der Waals surface area contributed by atoms with Gasteiger partial charge in [0.1, 0.15) is 6.61 Å². The van der Waals surface area contributed by atoms with Gasteiger partial charge in [0, 0.05) is 5.56 Å². The summed E-state index contributed by atoms with van der Waals surface area (Å²) in [5, 5.41) is 2.58. The summed E-state index contributed by atoms with van der Waals surface area (Å²) in [6.45, 7) is 0.428. The highest BCUT2D eigenvalue weighted by Gasteiger charge is 2.03. The fraction of sp³-hybridized carbons (Fsp3) is 0.211. The SMILES string of the molecule is COc1ccc(C#CCNC(=O)OCc2ccccc2)cc1OC. The molecular formula is C19H19NO4. The summed E-state index contributed by atoms with van der Waals surface area (Å²) in [6.07, 6.45) is -0.500. The van der Waals surface area contributed by atoms with Crippen LogP contribution in [0.3, 0.4) is 0 Å². The fourth-order valence-corrected chi connectivity index (χ4v) is 1.95. The molecule has 0 aliphatic carbocycles. The average molecular weight is 325 g/mol. The number of carbonyl (C=O) groups is 1. The molecule has 2 rings (SSSR count). The Balaban J connectivity index is 1.80. The van der Waals surface area contributed by atoms with Gasteiger partial charge in [-0.25, -0.2) is 4.79 Å². The van der Waals surface area contributed by atoms with Crippen LogP contribution >= 0.6 is 0 Å². The van der Waals surface area contributed by atoms with E-state index in [0.29, 0.717) is 11.5 Å². The predicted molar refractivity (Wildman–Crippen MR) is 91.1 cm³/mol. The van der Waals surface area contributed by atoms with Crippen LogP contribution < -0.4 is 14.8 Å². The molecule has 0 saturated heterocycles. The van der Waals surface area contributed by atoms with E-state index >= 15 is 0 Å². The van der Waals surface area contributed by atoms with E-state index in [1.54, 1.807) is 26.4 Å². The molecule has 0 radical (unpaired) electrons. The Morgan fingerprint density at radius 3 is 2.50 bits per heavy atom. The minimum Gasteiger partial charge on any atom is -0.493 e. The molecule has 124 valence electrons. The van der Waals surface area contributed by atoms with Gasteiger partial charge in [0.05, 0.1) is 20.8 Å². The first-order valence-corrected chi connectivity index (χ1v) is 7.38. The monoisotopic (exact) mass is 325 g/mol. The lowest BCUT2D eigenvalue weighted by atomic mass is 10.2. The van der Waals surface area contributed by atoms with Crippen LogP contribution in [0.15, 0.2) is 48.5 Å². The molecular weight excluding hydrogens is 306 g/mol. The molecule has 0 saturated carbocycles. The van der Waals surface area contributed by atoms with Crippen LogP contribution in [0.5, 0.6) is 11.5 Å². The maximum Gasteiger partial charge on any atom is 0.408 e. The molecule has 0 aliphatic heterocycles. The van der Waals surface area contributed by atoms with E-state index in [4.69, 9.17) is 14.2 Å². The van der Waals surface area contributed by atoms with Gasteiger partial charge in [-0.15, -0.1) is 0 Å². The zero-order chi connectivity index (χ0) is 17.2. The molecule has 2 aromatic carbocycles. The lowest BCUT2D eigenvalue weighted by Gasteiger charge is -2.06. The molecule has 0 atom stereocenters. The third-order valence-corrected chi connectivity index (χ3v) is 3.15. The number of rotatable bonds is 5. The normalized spacial score (nSPS) is 9.42. The maximum atomic E-state index is 11.6. The molecule has 5 heteroatoms. The third kappa shape index (κ3) is 5.25. The van der Waals surface area contributed by atoms with Crippen molar-refractivity contribution in [3.05, 3.63) is 59.7 Å². The number of amides is 1. The standard InChI is InChI=1S/C19H19NO4/c1-22-17-11-10-15(13-18(17)23-2)9-6-12-20-19(21)24-14-16-7-4-3-5-8-16/h3-5,7-8,10-11,13H,12,14H2,1-2H3,(H,20,21). The van der Waals surface area contributed by atoms with E-state index in [-0.39, 0.29) is 13.2 Å². The molecule has 0 spiro atoms. The molecule has 5 nitrogen and oxygen atoms in total.